The topological polar surface area (TPSA) is 75.6 Å². The predicted octanol–water partition coefficient (Wildman–Crippen LogP) is 2.52. The Kier molecular flexibility index (Phi) is 4.32. The van der Waals surface area contributed by atoms with Gasteiger partial charge in [-0.05, 0) is 38.2 Å². The molecule has 1 aromatic carbocycles. The third-order valence-electron chi connectivity index (χ3n) is 4.66. The van der Waals surface area contributed by atoms with Crippen molar-refractivity contribution in [2.24, 2.45) is 11.8 Å². The zero-order chi connectivity index (χ0) is 15.5. The van der Waals surface area contributed by atoms with Crippen molar-refractivity contribution in [2.75, 3.05) is 6.61 Å². The lowest BCUT2D eigenvalue weighted by molar-refractivity contribution is -0.141. The Morgan fingerprint density at radius 1 is 1.14 bits per heavy atom. The van der Waals surface area contributed by atoms with Crippen LogP contribution in [0.2, 0.25) is 0 Å². The Hall–Kier alpha value is -2.04. The van der Waals surface area contributed by atoms with Crippen LogP contribution in [-0.2, 0) is 9.59 Å². The summed E-state index contributed by atoms with van der Waals surface area (Å²) in [6.07, 6.45) is 3.44. The van der Waals surface area contributed by atoms with E-state index >= 15 is 0 Å². The van der Waals surface area contributed by atoms with Crippen molar-refractivity contribution in [1.82, 2.24) is 5.32 Å². The fraction of sp³-hybridized carbons (Fsp3) is 0.529. The van der Waals surface area contributed by atoms with Crippen LogP contribution in [-0.4, -0.2) is 23.6 Å². The van der Waals surface area contributed by atoms with Gasteiger partial charge in [-0.15, -0.1) is 0 Å². The van der Waals surface area contributed by atoms with Gasteiger partial charge < -0.3 is 15.2 Å². The van der Waals surface area contributed by atoms with Gasteiger partial charge in [0.25, 0.3) is 0 Å². The van der Waals surface area contributed by atoms with E-state index in [9.17, 15) is 9.59 Å². The van der Waals surface area contributed by atoms with Gasteiger partial charge in [0.2, 0.25) is 5.91 Å². The van der Waals surface area contributed by atoms with Crippen molar-refractivity contribution in [2.45, 2.75) is 38.1 Å². The number of aliphatic carboxylic acids is 1. The first-order chi connectivity index (χ1) is 10.6. The second-order valence-electron chi connectivity index (χ2n) is 6.13. The fourth-order valence-corrected chi connectivity index (χ4v) is 3.41. The number of hydrogen-bond acceptors (Lipinski definition) is 3. The molecule has 1 heterocycles. The third-order valence-corrected chi connectivity index (χ3v) is 4.66. The van der Waals surface area contributed by atoms with Crippen molar-refractivity contribution in [3.63, 3.8) is 0 Å². The molecule has 1 saturated carbocycles. The van der Waals surface area contributed by atoms with E-state index in [1.54, 1.807) is 0 Å². The van der Waals surface area contributed by atoms with E-state index in [1.807, 2.05) is 24.3 Å². The normalized spacial score (nSPS) is 27.4. The van der Waals surface area contributed by atoms with E-state index in [0.29, 0.717) is 25.9 Å². The summed E-state index contributed by atoms with van der Waals surface area (Å²) in [6.45, 7) is 0.661. The first-order valence-corrected chi connectivity index (χ1v) is 7.90. The summed E-state index contributed by atoms with van der Waals surface area (Å²) >= 11 is 0. The van der Waals surface area contributed by atoms with Crippen molar-refractivity contribution < 1.29 is 19.4 Å². The number of benzene rings is 1. The standard InChI is InChI=1S/C17H21NO4/c19-16(11-7-8-12(10-11)17(20)21)18-14-5-3-9-22-15-6-2-1-4-13(14)15/h1-2,4,6,11-12,14H,3,5,7-10H2,(H,18,19)(H,20,21)/t11-,12+,14?/m0/s1. The molecular formula is C17H21NO4. The van der Waals surface area contributed by atoms with Gasteiger partial charge in [-0.2, -0.15) is 0 Å². The first kappa shape index (κ1) is 14.9. The summed E-state index contributed by atoms with van der Waals surface area (Å²) in [5.41, 5.74) is 1.01. The highest BCUT2D eigenvalue weighted by Crippen LogP contribution is 2.34. The molecule has 0 spiro atoms. The van der Waals surface area contributed by atoms with Gasteiger partial charge in [0.15, 0.2) is 0 Å². The number of carboxylic acid groups (broad SMARTS) is 1. The quantitative estimate of drug-likeness (QED) is 0.899. The van der Waals surface area contributed by atoms with Crippen molar-refractivity contribution in [3.05, 3.63) is 29.8 Å². The molecule has 3 atom stereocenters. The van der Waals surface area contributed by atoms with Crippen molar-refractivity contribution in [1.29, 1.82) is 0 Å². The van der Waals surface area contributed by atoms with Crippen LogP contribution in [0.15, 0.2) is 24.3 Å². The largest absolute Gasteiger partial charge is 0.493 e. The van der Waals surface area contributed by atoms with E-state index in [-0.39, 0.29) is 23.8 Å². The summed E-state index contributed by atoms with van der Waals surface area (Å²) in [5, 5.41) is 12.2. The van der Waals surface area contributed by atoms with Gasteiger partial charge in [-0.3, -0.25) is 9.59 Å². The number of fused-ring (bicyclic) bond motifs is 1. The minimum atomic E-state index is -0.788. The molecule has 3 rings (SSSR count). The van der Waals surface area contributed by atoms with Crippen LogP contribution in [0.1, 0.15) is 43.7 Å². The number of rotatable bonds is 3. The predicted molar refractivity (Wildman–Crippen MR) is 80.5 cm³/mol. The Bertz CT molecular complexity index is 572. The van der Waals surface area contributed by atoms with Crippen molar-refractivity contribution >= 4 is 11.9 Å². The third kappa shape index (κ3) is 3.08. The molecule has 5 heteroatoms. The molecule has 1 amide bonds. The SMILES string of the molecule is O=C(O)[C@@H]1CC[C@H](C(=O)NC2CCCOc3ccccc32)C1. The molecule has 1 aromatic rings. The van der Waals surface area contributed by atoms with Crippen LogP contribution in [0.5, 0.6) is 5.75 Å². The maximum Gasteiger partial charge on any atom is 0.306 e. The Morgan fingerprint density at radius 2 is 1.91 bits per heavy atom. The molecule has 5 nitrogen and oxygen atoms in total. The van der Waals surface area contributed by atoms with Crippen LogP contribution in [0.4, 0.5) is 0 Å². The van der Waals surface area contributed by atoms with E-state index in [2.05, 4.69) is 5.32 Å². The Balaban J connectivity index is 1.68. The summed E-state index contributed by atoms with van der Waals surface area (Å²) < 4.78 is 5.71. The summed E-state index contributed by atoms with van der Waals surface area (Å²) in [6, 6.07) is 7.74. The molecule has 1 aliphatic heterocycles. The molecule has 0 saturated heterocycles. The number of para-hydroxylation sites is 1. The Labute approximate surface area is 129 Å². The van der Waals surface area contributed by atoms with E-state index in [0.717, 1.165) is 24.2 Å². The number of carboxylic acids is 1. The van der Waals surface area contributed by atoms with Gasteiger partial charge in [0, 0.05) is 11.5 Å². The number of carbonyl (C=O) groups excluding carboxylic acids is 1. The van der Waals surface area contributed by atoms with E-state index < -0.39 is 5.97 Å². The van der Waals surface area contributed by atoms with Crippen LogP contribution in [0, 0.1) is 11.8 Å². The van der Waals surface area contributed by atoms with Crippen LogP contribution >= 0.6 is 0 Å². The lowest BCUT2D eigenvalue weighted by Crippen LogP contribution is -2.33. The molecule has 2 N–H and O–H groups in total. The molecule has 118 valence electrons. The molecule has 1 unspecified atom stereocenters. The smallest absolute Gasteiger partial charge is 0.306 e. The first-order valence-electron chi connectivity index (χ1n) is 7.90. The lowest BCUT2D eigenvalue weighted by atomic mass is 9.99. The molecule has 1 fully saturated rings. The zero-order valence-corrected chi connectivity index (χ0v) is 12.5. The maximum atomic E-state index is 12.5. The van der Waals surface area contributed by atoms with Gasteiger partial charge in [0.1, 0.15) is 5.75 Å². The molecule has 0 aromatic heterocycles. The van der Waals surface area contributed by atoms with Gasteiger partial charge >= 0.3 is 5.97 Å². The lowest BCUT2D eigenvalue weighted by Gasteiger charge is -2.20. The highest BCUT2D eigenvalue weighted by Gasteiger charge is 2.35. The molecule has 1 aliphatic carbocycles. The molecule has 2 aliphatic rings. The van der Waals surface area contributed by atoms with Gasteiger partial charge in [-0.25, -0.2) is 0 Å². The highest BCUT2D eigenvalue weighted by atomic mass is 16.5. The van der Waals surface area contributed by atoms with E-state index in [4.69, 9.17) is 9.84 Å². The number of carbonyl (C=O) groups is 2. The second-order valence-corrected chi connectivity index (χ2v) is 6.13. The number of nitrogens with one attached hydrogen (secondary N) is 1. The zero-order valence-electron chi connectivity index (χ0n) is 12.5. The van der Waals surface area contributed by atoms with Gasteiger partial charge in [-0.1, -0.05) is 18.2 Å². The molecular weight excluding hydrogens is 282 g/mol. The highest BCUT2D eigenvalue weighted by molar-refractivity contribution is 5.81. The monoisotopic (exact) mass is 303 g/mol. The Morgan fingerprint density at radius 3 is 2.68 bits per heavy atom. The number of ether oxygens (including phenoxy) is 1. The van der Waals surface area contributed by atoms with Crippen LogP contribution in [0.3, 0.4) is 0 Å². The van der Waals surface area contributed by atoms with Crippen molar-refractivity contribution in [3.8, 4) is 5.75 Å². The summed E-state index contributed by atoms with van der Waals surface area (Å²) in [5.74, 6) is -0.535. The molecule has 0 radical (unpaired) electrons. The maximum absolute atomic E-state index is 12.5. The average Bonchev–Trinajstić information content (AvgIpc) is 2.93. The number of hydrogen-bond donors (Lipinski definition) is 2. The minimum absolute atomic E-state index is 0.0227. The summed E-state index contributed by atoms with van der Waals surface area (Å²) in [7, 11) is 0. The van der Waals surface area contributed by atoms with E-state index in [1.165, 1.54) is 0 Å². The fourth-order valence-electron chi connectivity index (χ4n) is 3.41. The average molecular weight is 303 g/mol. The van der Waals surface area contributed by atoms with Crippen LogP contribution in [0.25, 0.3) is 0 Å². The summed E-state index contributed by atoms with van der Waals surface area (Å²) in [4.78, 5) is 23.5. The molecule has 0 bridgehead atoms. The second kappa shape index (κ2) is 6.38. The minimum Gasteiger partial charge on any atom is -0.493 e. The molecule has 22 heavy (non-hydrogen) atoms. The van der Waals surface area contributed by atoms with Crippen LogP contribution < -0.4 is 10.1 Å². The van der Waals surface area contributed by atoms with Gasteiger partial charge in [0.05, 0.1) is 18.6 Å². The number of amides is 1.